The number of sulfonamides is 1. The van der Waals surface area contributed by atoms with Gasteiger partial charge in [0.2, 0.25) is 10.0 Å². The highest BCUT2D eigenvalue weighted by atomic mass is 32.2. The van der Waals surface area contributed by atoms with Gasteiger partial charge in [-0.1, -0.05) is 18.4 Å². The van der Waals surface area contributed by atoms with Crippen LogP contribution < -0.4 is 5.32 Å². The lowest BCUT2D eigenvalue weighted by molar-refractivity contribution is 0.102. The van der Waals surface area contributed by atoms with Crippen molar-refractivity contribution in [1.29, 1.82) is 0 Å². The highest BCUT2D eigenvalue weighted by molar-refractivity contribution is 7.89. The van der Waals surface area contributed by atoms with E-state index in [0.717, 1.165) is 30.6 Å². The molecule has 1 aliphatic heterocycles. The summed E-state index contributed by atoms with van der Waals surface area (Å²) in [5.74, 6) is 2.06. The summed E-state index contributed by atoms with van der Waals surface area (Å²) in [6.45, 7) is 1.01. The van der Waals surface area contributed by atoms with E-state index in [4.69, 9.17) is 6.42 Å². The molecule has 25 heavy (non-hydrogen) atoms. The van der Waals surface area contributed by atoms with Crippen LogP contribution in [0.3, 0.4) is 0 Å². The third-order valence-corrected chi connectivity index (χ3v) is 7.04. The number of anilines is 1. The molecular formula is C18H18N2O3S2. The first-order valence-electron chi connectivity index (χ1n) is 7.98. The van der Waals surface area contributed by atoms with Crippen LogP contribution in [0.4, 0.5) is 5.69 Å². The maximum absolute atomic E-state index is 12.9. The first kappa shape index (κ1) is 17.7. The van der Waals surface area contributed by atoms with Crippen LogP contribution in [0.25, 0.3) is 0 Å². The van der Waals surface area contributed by atoms with Crippen molar-refractivity contribution in [2.24, 2.45) is 0 Å². The summed E-state index contributed by atoms with van der Waals surface area (Å²) < 4.78 is 27.2. The Morgan fingerprint density at radius 1 is 1.20 bits per heavy atom. The number of hydrogen-bond acceptors (Lipinski definition) is 4. The molecule has 1 aromatic heterocycles. The van der Waals surface area contributed by atoms with Gasteiger partial charge in [0, 0.05) is 24.3 Å². The van der Waals surface area contributed by atoms with Crippen LogP contribution in [0.15, 0.2) is 40.6 Å². The van der Waals surface area contributed by atoms with Crippen LogP contribution in [0.2, 0.25) is 0 Å². The molecule has 1 N–H and O–H groups in total. The molecule has 0 aliphatic carbocycles. The number of piperidine rings is 1. The second-order valence-electron chi connectivity index (χ2n) is 5.76. The average molecular weight is 374 g/mol. The summed E-state index contributed by atoms with van der Waals surface area (Å²) in [5, 5.41) is 4.36. The van der Waals surface area contributed by atoms with Gasteiger partial charge in [-0.3, -0.25) is 4.79 Å². The third-order valence-electron chi connectivity index (χ3n) is 4.06. The summed E-state index contributed by atoms with van der Waals surface area (Å²) in [6, 6.07) is 8.38. The van der Waals surface area contributed by atoms with Gasteiger partial charge in [0.15, 0.2) is 0 Å². The molecule has 2 heterocycles. The largest absolute Gasteiger partial charge is 0.321 e. The first-order chi connectivity index (χ1) is 12.0. The van der Waals surface area contributed by atoms with Crippen LogP contribution >= 0.6 is 11.3 Å². The SMILES string of the molecule is C#Cc1cccc(NC(=O)c2sccc2S(=O)(=O)N2CCCCC2)c1. The number of hydrogen-bond donors (Lipinski definition) is 1. The molecule has 0 unspecified atom stereocenters. The molecule has 1 saturated heterocycles. The fourth-order valence-electron chi connectivity index (χ4n) is 2.79. The summed E-state index contributed by atoms with van der Waals surface area (Å²) in [5.41, 5.74) is 1.18. The highest BCUT2D eigenvalue weighted by Crippen LogP contribution is 2.28. The Labute approximate surface area is 151 Å². The van der Waals surface area contributed by atoms with Crippen molar-refractivity contribution in [2.75, 3.05) is 18.4 Å². The third kappa shape index (κ3) is 3.76. The summed E-state index contributed by atoms with van der Waals surface area (Å²) >= 11 is 1.12. The highest BCUT2D eigenvalue weighted by Gasteiger charge is 2.30. The van der Waals surface area contributed by atoms with Crippen LogP contribution in [-0.4, -0.2) is 31.7 Å². The molecule has 0 radical (unpaired) electrons. The monoisotopic (exact) mass is 374 g/mol. The van der Waals surface area contributed by atoms with Crippen molar-refractivity contribution in [2.45, 2.75) is 24.2 Å². The maximum atomic E-state index is 12.9. The Hall–Kier alpha value is -2.14. The average Bonchev–Trinajstić information content (AvgIpc) is 3.13. The van der Waals surface area contributed by atoms with E-state index in [2.05, 4.69) is 11.2 Å². The van der Waals surface area contributed by atoms with Crippen LogP contribution in [-0.2, 0) is 10.0 Å². The minimum atomic E-state index is -3.65. The van der Waals surface area contributed by atoms with Gasteiger partial charge in [0.1, 0.15) is 9.77 Å². The Bertz CT molecular complexity index is 920. The minimum absolute atomic E-state index is 0.0741. The predicted octanol–water partition coefficient (Wildman–Crippen LogP) is 3.16. The zero-order chi connectivity index (χ0) is 17.9. The molecule has 0 bridgehead atoms. The predicted molar refractivity (Wildman–Crippen MR) is 99.3 cm³/mol. The van der Waals surface area contributed by atoms with E-state index in [1.54, 1.807) is 29.6 Å². The number of nitrogens with one attached hydrogen (secondary N) is 1. The second-order valence-corrected chi connectivity index (χ2v) is 8.58. The molecule has 0 atom stereocenters. The molecular weight excluding hydrogens is 356 g/mol. The number of thiophene rings is 1. The number of terminal acetylenes is 1. The van der Waals surface area contributed by atoms with Crippen molar-refractivity contribution in [3.05, 3.63) is 46.2 Å². The number of benzene rings is 1. The van der Waals surface area contributed by atoms with E-state index >= 15 is 0 Å². The maximum Gasteiger partial charge on any atom is 0.267 e. The summed E-state index contributed by atoms with van der Waals surface area (Å²) in [7, 11) is -3.65. The van der Waals surface area contributed by atoms with E-state index in [9.17, 15) is 13.2 Å². The zero-order valence-corrected chi connectivity index (χ0v) is 15.2. The van der Waals surface area contributed by atoms with Crippen molar-refractivity contribution in [3.8, 4) is 12.3 Å². The Balaban J connectivity index is 1.85. The molecule has 1 amide bonds. The molecule has 0 spiro atoms. The molecule has 1 aromatic carbocycles. The lowest BCUT2D eigenvalue weighted by Crippen LogP contribution is -2.36. The summed E-state index contributed by atoms with van der Waals surface area (Å²) in [4.78, 5) is 12.9. The molecule has 5 nitrogen and oxygen atoms in total. The molecule has 0 saturated carbocycles. The fraction of sp³-hybridized carbons (Fsp3) is 0.278. The molecule has 7 heteroatoms. The van der Waals surface area contributed by atoms with Gasteiger partial charge < -0.3 is 5.32 Å². The topological polar surface area (TPSA) is 66.5 Å². The van der Waals surface area contributed by atoms with Gasteiger partial charge in [-0.15, -0.1) is 17.8 Å². The van der Waals surface area contributed by atoms with Crippen molar-refractivity contribution >= 4 is 33.0 Å². The van der Waals surface area contributed by atoms with Gasteiger partial charge in [-0.2, -0.15) is 4.31 Å². The zero-order valence-electron chi connectivity index (χ0n) is 13.6. The quantitative estimate of drug-likeness (QED) is 0.836. The van der Waals surface area contributed by atoms with E-state index in [1.807, 2.05) is 0 Å². The molecule has 130 valence electrons. The number of carbonyl (C=O) groups excluding carboxylic acids is 1. The number of nitrogens with zero attached hydrogens (tertiary/aromatic N) is 1. The lowest BCUT2D eigenvalue weighted by atomic mass is 10.2. The Kier molecular flexibility index (Phi) is 5.23. The van der Waals surface area contributed by atoms with Crippen LogP contribution in [0.5, 0.6) is 0 Å². The van der Waals surface area contributed by atoms with E-state index in [0.29, 0.717) is 24.3 Å². The smallest absolute Gasteiger partial charge is 0.267 e. The van der Waals surface area contributed by atoms with E-state index in [-0.39, 0.29) is 9.77 Å². The molecule has 1 aliphatic rings. The van der Waals surface area contributed by atoms with Gasteiger partial charge in [-0.25, -0.2) is 8.42 Å². The number of carbonyl (C=O) groups is 1. The van der Waals surface area contributed by atoms with Gasteiger partial charge in [0.25, 0.3) is 5.91 Å². The van der Waals surface area contributed by atoms with Gasteiger partial charge in [-0.05, 0) is 42.5 Å². The minimum Gasteiger partial charge on any atom is -0.321 e. The molecule has 1 fully saturated rings. The van der Waals surface area contributed by atoms with Gasteiger partial charge >= 0.3 is 0 Å². The van der Waals surface area contributed by atoms with Crippen LogP contribution in [0.1, 0.15) is 34.5 Å². The molecule has 3 rings (SSSR count). The Morgan fingerprint density at radius 3 is 2.68 bits per heavy atom. The van der Waals surface area contributed by atoms with Crippen molar-refractivity contribution in [1.82, 2.24) is 4.31 Å². The van der Waals surface area contributed by atoms with Crippen molar-refractivity contribution < 1.29 is 13.2 Å². The van der Waals surface area contributed by atoms with Gasteiger partial charge in [0.05, 0.1) is 0 Å². The van der Waals surface area contributed by atoms with Crippen LogP contribution in [0, 0.1) is 12.3 Å². The Morgan fingerprint density at radius 2 is 1.96 bits per heavy atom. The lowest BCUT2D eigenvalue weighted by Gasteiger charge is -2.25. The van der Waals surface area contributed by atoms with E-state index < -0.39 is 15.9 Å². The second kappa shape index (κ2) is 7.40. The number of amides is 1. The fourth-order valence-corrected chi connectivity index (χ4v) is 5.60. The number of rotatable bonds is 4. The molecule has 2 aromatic rings. The summed E-state index contributed by atoms with van der Waals surface area (Å²) in [6.07, 6.45) is 8.10. The van der Waals surface area contributed by atoms with E-state index in [1.165, 1.54) is 10.4 Å². The normalized spacial score (nSPS) is 15.5. The van der Waals surface area contributed by atoms with Crippen molar-refractivity contribution in [3.63, 3.8) is 0 Å². The standard InChI is InChI=1S/C18H18N2O3S2/c1-2-14-7-6-8-15(13-14)19-18(21)17-16(9-12-24-17)25(22,23)20-10-4-3-5-11-20/h1,6-9,12-13H,3-5,10-11H2,(H,19,21). The first-order valence-corrected chi connectivity index (χ1v) is 10.3.